The van der Waals surface area contributed by atoms with E-state index in [1.807, 2.05) is 54.6 Å². The quantitative estimate of drug-likeness (QED) is 0.945. The van der Waals surface area contributed by atoms with Gasteiger partial charge in [-0.2, -0.15) is 0 Å². The predicted octanol–water partition coefficient (Wildman–Crippen LogP) is 2.19. The smallest absolute Gasteiger partial charge is 0.254 e. The minimum absolute atomic E-state index is 0.103. The van der Waals surface area contributed by atoms with Gasteiger partial charge in [-0.3, -0.25) is 4.79 Å². The Bertz CT molecular complexity index is 656. The molecular formula is C18H19NO3. The molecule has 114 valence electrons. The third kappa shape index (κ3) is 2.75. The molecule has 1 aliphatic heterocycles. The number of likely N-dealkylation sites (N-methyl/N-ethyl adjacent to an activating group) is 1. The van der Waals surface area contributed by atoms with Crippen LogP contribution in [0, 0.1) is 0 Å². The number of carbonyl (C=O) groups excluding carboxylic acids is 1. The Balaban J connectivity index is 1.93. The molecular weight excluding hydrogens is 278 g/mol. The Kier molecular flexibility index (Phi) is 4.22. The zero-order chi connectivity index (χ0) is 15.5. The number of amides is 1. The van der Waals surface area contributed by atoms with E-state index in [1.165, 1.54) is 0 Å². The summed E-state index contributed by atoms with van der Waals surface area (Å²) in [4.78, 5) is 14.4. The zero-order valence-electron chi connectivity index (χ0n) is 12.5. The summed E-state index contributed by atoms with van der Waals surface area (Å²) >= 11 is 0. The number of rotatable bonds is 3. The van der Waals surface area contributed by atoms with Crippen molar-refractivity contribution in [2.24, 2.45) is 0 Å². The molecule has 0 aliphatic carbocycles. The Morgan fingerprint density at radius 2 is 1.77 bits per heavy atom. The lowest BCUT2D eigenvalue weighted by Crippen LogP contribution is -2.44. The van der Waals surface area contributed by atoms with Gasteiger partial charge in [0.15, 0.2) is 0 Å². The normalized spacial score (nSPS) is 20.8. The summed E-state index contributed by atoms with van der Waals surface area (Å²) in [6.45, 7) is 0.652. The summed E-state index contributed by atoms with van der Waals surface area (Å²) in [5.74, 6) is -0.103. The maximum atomic E-state index is 12.8. The van der Waals surface area contributed by atoms with Crippen LogP contribution in [0.4, 0.5) is 0 Å². The molecule has 2 atom stereocenters. The van der Waals surface area contributed by atoms with E-state index in [-0.39, 0.29) is 18.6 Å². The van der Waals surface area contributed by atoms with Gasteiger partial charge in [0.25, 0.3) is 5.91 Å². The minimum Gasteiger partial charge on any atom is -0.388 e. The van der Waals surface area contributed by atoms with Gasteiger partial charge >= 0.3 is 0 Å². The first-order valence-corrected chi connectivity index (χ1v) is 7.36. The maximum absolute atomic E-state index is 12.8. The first kappa shape index (κ1) is 14.8. The van der Waals surface area contributed by atoms with Gasteiger partial charge in [-0.05, 0) is 17.2 Å². The van der Waals surface area contributed by atoms with Crippen LogP contribution in [0.3, 0.4) is 0 Å². The summed E-state index contributed by atoms with van der Waals surface area (Å²) in [5.41, 5.74) is 2.53. The van der Waals surface area contributed by atoms with Gasteiger partial charge in [0, 0.05) is 12.6 Å². The molecule has 0 aromatic heterocycles. The fraction of sp³-hybridized carbons (Fsp3) is 0.278. The Labute approximate surface area is 130 Å². The Morgan fingerprint density at radius 3 is 2.45 bits per heavy atom. The Hall–Kier alpha value is -2.17. The molecule has 2 aromatic carbocycles. The van der Waals surface area contributed by atoms with Crippen molar-refractivity contribution in [3.05, 3.63) is 60.2 Å². The van der Waals surface area contributed by atoms with Crippen LogP contribution in [-0.2, 0) is 4.74 Å². The van der Waals surface area contributed by atoms with Crippen LogP contribution in [-0.4, -0.2) is 48.3 Å². The van der Waals surface area contributed by atoms with Gasteiger partial charge in [0.1, 0.15) is 0 Å². The highest BCUT2D eigenvalue weighted by Crippen LogP contribution is 2.25. The fourth-order valence-electron chi connectivity index (χ4n) is 2.78. The molecule has 1 amide bonds. The molecule has 1 heterocycles. The van der Waals surface area contributed by atoms with Gasteiger partial charge in [-0.15, -0.1) is 0 Å². The van der Waals surface area contributed by atoms with E-state index in [0.29, 0.717) is 12.2 Å². The first-order chi connectivity index (χ1) is 10.7. The van der Waals surface area contributed by atoms with E-state index in [4.69, 9.17) is 4.74 Å². The zero-order valence-corrected chi connectivity index (χ0v) is 12.5. The van der Waals surface area contributed by atoms with Gasteiger partial charge in [0.05, 0.1) is 25.4 Å². The second-order valence-electron chi connectivity index (χ2n) is 5.50. The highest BCUT2D eigenvalue weighted by molar-refractivity contribution is 6.01. The lowest BCUT2D eigenvalue weighted by atomic mass is 9.98. The number of aliphatic hydroxyl groups excluding tert-OH is 1. The van der Waals surface area contributed by atoms with Gasteiger partial charge in [-0.25, -0.2) is 0 Å². The number of aliphatic hydroxyl groups is 1. The molecule has 4 heteroatoms. The van der Waals surface area contributed by atoms with Crippen molar-refractivity contribution in [1.82, 2.24) is 4.90 Å². The minimum atomic E-state index is -0.627. The highest BCUT2D eigenvalue weighted by Gasteiger charge is 2.33. The van der Waals surface area contributed by atoms with Crippen molar-refractivity contribution in [2.45, 2.75) is 12.1 Å². The number of hydrogen-bond donors (Lipinski definition) is 1. The molecule has 2 aromatic rings. The van der Waals surface area contributed by atoms with E-state index in [2.05, 4.69) is 0 Å². The van der Waals surface area contributed by atoms with Gasteiger partial charge in [0.2, 0.25) is 0 Å². The van der Waals surface area contributed by atoms with Crippen molar-refractivity contribution >= 4 is 5.91 Å². The number of ether oxygens (including phenoxy) is 1. The van der Waals surface area contributed by atoms with Crippen molar-refractivity contribution in [2.75, 3.05) is 20.3 Å². The first-order valence-electron chi connectivity index (χ1n) is 7.36. The van der Waals surface area contributed by atoms with Crippen molar-refractivity contribution < 1.29 is 14.6 Å². The topological polar surface area (TPSA) is 49.8 Å². The summed E-state index contributed by atoms with van der Waals surface area (Å²) in [6, 6.07) is 17.1. The molecule has 3 rings (SSSR count). The number of hydrogen-bond acceptors (Lipinski definition) is 3. The fourth-order valence-corrected chi connectivity index (χ4v) is 2.78. The van der Waals surface area contributed by atoms with Crippen LogP contribution in [0.15, 0.2) is 54.6 Å². The molecule has 0 radical (unpaired) electrons. The third-order valence-corrected chi connectivity index (χ3v) is 4.08. The SMILES string of the molecule is CN(C(=O)c1ccccc1-c1ccccc1)[C@H]1COC[C@@H]1O. The molecule has 0 unspecified atom stereocenters. The predicted molar refractivity (Wildman–Crippen MR) is 84.6 cm³/mol. The number of benzene rings is 2. The second-order valence-corrected chi connectivity index (χ2v) is 5.50. The average Bonchev–Trinajstić information content (AvgIpc) is 3.00. The molecule has 4 nitrogen and oxygen atoms in total. The molecule has 1 saturated heterocycles. The molecule has 0 spiro atoms. The summed E-state index contributed by atoms with van der Waals surface area (Å²) < 4.78 is 5.25. The summed E-state index contributed by atoms with van der Waals surface area (Å²) in [7, 11) is 1.71. The van der Waals surface area contributed by atoms with Crippen molar-refractivity contribution in [1.29, 1.82) is 0 Å². The van der Waals surface area contributed by atoms with Crippen LogP contribution < -0.4 is 0 Å². The monoisotopic (exact) mass is 297 g/mol. The summed E-state index contributed by atoms with van der Waals surface area (Å²) in [6.07, 6.45) is -0.627. The molecule has 0 bridgehead atoms. The van der Waals surface area contributed by atoms with Crippen molar-refractivity contribution in [3.8, 4) is 11.1 Å². The van der Waals surface area contributed by atoms with Crippen LogP contribution in [0.5, 0.6) is 0 Å². The molecule has 1 fully saturated rings. The van der Waals surface area contributed by atoms with Crippen molar-refractivity contribution in [3.63, 3.8) is 0 Å². The van der Waals surface area contributed by atoms with Crippen LogP contribution >= 0.6 is 0 Å². The van der Waals surface area contributed by atoms with Gasteiger partial charge < -0.3 is 14.7 Å². The Morgan fingerprint density at radius 1 is 1.09 bits per heavy atom. The van der Waals surface area contributed by atoms with E-state index >= 15 is 0 Å². The molecule has 22 heavy (non-hydrogen) atoms. The average molecular weight is 297 g/mol. The van der Waals surface area contributed by atoms with E-state index in [9.17, 15) is 9.90 Å². The van der Waals surface area contributed by atoms with E-state index in [1.54, 1.807) is 11.9 Å². The largest absolute Gasteiger partial charge is 0.388 e. The molecule has 1 N–H and O–H groups in total. The molecule has 0 saturated carbocycles. The lowest BCUT2D eigenvalue weighted by molar-refractivity contribution is 0.0582. The molecule has 1 aliphatic rings. The lowest BCUT2D eigenvalue weighted by Gasteiger charge is -2.26. The third-order valence-electron chi connectivity index (χ3n) is 4.08. The second kappa shape index (κ2) is 6.30. The van der Waals surface area contributed by atoms with E-state index < -0.39 is 6.10 Å². The van der Waals surface area contributed by atoms with Crippen LogP contribution in [0.1, 0.15) is 10.4 Å². The number of carbonyl (C=O) groups is 1. The number of nitrogens with zero attached hydrogens (tertiary/aromatic N) is 1. The van der Waals surface area contributed by atoms with Crippen LogP contribution in [0.2, 0.25) is 0 Å². The van der Waals surface area contributed by atoms with E-state index in [0.717, 1.165) is 11.1 Å². The highest BCUT2D eigenvalue weighted by atomic mass is 16.5. The van der Waals surface area contributed by atoms with Gasteiger partial charge in [-0.1, -0.05) is 48.5 Å². The maximum Gasteiger partial charge on any atom is 0.254 e. The standard InChI is InChI=1S/C18H19NO3/c1-19(16-11-22-12-17(16)20)18(21)15-10-6-5-9-14(15)13-7-3-2-4-8-13/h2-10,16-17,20H,11-12H2,1H3/t16-,17-/m0/s1. The van der Waals surface area contributed by atoms with Crippen LogP contribution in [0.25, 0.3) is 11.1 Å². The summed E-state index contributed by atoms with van der Waals surface area (Å²) in [5, 5.41) is 9.92.